The third kappa shape index (κ3) is 4.68. The molecule has 1 saturated carbocycles. The normalized spacial score (nSPS) is 19.2. The van der Waals surface area contributed by atoms with Crippen molar-refractivity contribution in [2.24, 2.45) is 10.6 Å². The van der Waals surface area contributed by atoms with Crippen LogP contribution in [0.5, 0.6) is 0 Å². The molecule has 3 rings (SSSR count). The second kappa shape index (κ2) is 7.98. The third-order valence-electron chi connectivity index (χ3n) is 5.44. The lowest BCUT2D eigenvalue weighted by Crippen LogP contribution is -2.46. The molecule has 1 aliphatic heterocycles. The number of hydrogen-bond acceptors (Lipinski definition) is 4. The fourth-order valence-corrected chi connectivity index (χ4v) is 4.09. The molecule has 27 heavy (non-hydrogen) atoms. The Morgan fingerprint density at radius 2 is 1.63 bits per heavy atom. The number of likely N-dealkylation sites (tertiary alicyclic amines) is 1. The van der Waals surface area contributed by atoms with Gasteiger partial charge in [0.2, 0.25) is 21.8 Å². The van der Waals surface area contributed by atoms with Crippen molar-refractivity contribution in [3.63, 3.8) is 0 Å². The number of nitrogens with one attached hydrogen (secondary N) is 1. The Kier molecular flexibility index (Phi) is 5.86. The van der Waals surface area contributed by atoms with Crippen LogP contribution in [0.3, 0.4) is 0 Å². The molecule has 1 aromatic carbocycles. The molecule has 0 spiro atoms. The molecule has 3 N–H and O–H groups in total. The van der Waals surface area contributed by atoms with Crippen molar-refractivity contribution < 1.29 is 18.0 Å². The fourth-order valence-electron chi connectivity index (χ4n) is 3.57. The third-order valence-corrected chi connectivity index (χ3v) is 6.37. The number of amides is 2. The smallest absolute Gasteiger partial charge is 0.238 e. The molecule has 2 fully saturated rings. The lowest BCUT2D eigenvalue weighted by atomic mass is 10.0. The quantitative estimate of drug-likeness (QED) is 0.707. The lowest BCUT2D eigenvalue weighted by Gasteiger charge is -2.25. The first-order chi connectivity index (χ1) is 12.8. The van der Waals surface area contributed by atoms with E-state index in [0.29, 0.717) is 25.8 Å². The van der Waals surface area contributed by atoms with Gasteiger partial charge in [0, 0.05) is 19.6 Å². The van der Waals surface area contributed by atoms with Gasteiger partial charge in [-0.05, 0) is 49.8 Å². The van der Waals surface area contributed by atoms with Gasteiger partial charge in [-0.25, -0.2) is 13.6 Å². The molecule has 7 nitrogen and oxygen atoms in total. The summed E-state index contributed by atoms with van der Waals surface area (Å²) >= 11 is 0. The van der Waals surface area contributed by atoms with E-state index in [4.69, 9.17) is 5.14 Å². The summed E-state index contributed by atoms with van der Waals surface area (Å²) in [7, 11) is -3.70. The van der Waals surface area contributed by atoms with Crippen LogP contribution < -0.4 is 10.5 Å². The van der Waals surface area contributed by atoms with Gasteiger partial charge in [-0.3, -0.25) is 9.59 Å². The molecule has 1 aromatic rings. The van der Waals surface area contributed by atoms with Crippen LogP contribution in [0.15, 0.2) is 29.2 Å². The van der Waals surface area contributed by atoms with E-state index in [1.807, 2.05) is 4.90 Å². The molecule has 0 atom stereocenters. The summed E-state index contributed by atoms with van der Waals surface area (Å²) in [5.74, 6) is -0.197. The summed E-state index contributed by atoms with van der Waals surface area (Å²) in [4.78, 5) is 27.4. The van der Waals surface area contributed by atoms with Crippen molar-refractivity contribution >= 4 is 21.8 Å². The summed E-state index contributed by atoms with van der Waals surface area (Å²) in [5, 5.41) is 7.97. The van der Waals surface area contributed by atoms with Crippen LogP contribution in [0, 0.1) is 5.41 Å². The molecule has 1 heterocycles. The first kappa shape index (κ1) is 19.8. The van der Waals surface area contributed by atoms with Crippen LogP contribution in [0.2, 0.25) is 0 Å². The van der Waals surface area contributed by atoms with Crippen LogP contribution >= 0.6 is 0 Å². The van der Waals surface area contributed by atoms with Crippen molar-refractivity contribution in [2.45, 2.75) is 49.8 Å². The Morgan fingerprint density at radius 1 is 1.04 bits per heavy atom. The zero-order valence-corrected chi connectivity index (χ0v) is 16.3. The number of rotatable bonds is 6. The predicted octanol–water partition coefficient (Wildman–Crippen LogP) is 1.18. The summed E-state index contributed by atoms with van der Waals surface area (Å²) in [6, 6.07) is 6.28. The first-order valence-corrected chi connectivity index (χ1v) is 11.1. The van der Waals surface area contributed by atoms with Crippen LogP contribution in [0.25, 0.3) is 0 Å². The SMILES string of the molecule is NS(=O)(=O)c1ccc(CCNC(=O)C2(C(=O)N3CCCCCC3)CC2)cc1. The summed E-state index contributed by atoms with van der Waals surface area (Å²) < 4.78 is 22.5. The van der Waals surface area contributed by atoms with Crippen LogP contribution in [-0.4, -0.2) is 44.8 Å². The summed E-state index contributed by atoms with van der Waals surface area (Å²) in [6.45, 7) is 1.91. The maximum absolute atomic E-state index is 12.8. The minimum absolute atomic E-state index is 0.0144. The lowest BCUT2D eigenvalue weighted by molar-refractivity contribution is -0.144. The molecule has 0 aromatic heterocycles. The number of carbonyl (C=O) groups excluding carboxylic acids is 2. The van der Waals surface area contributed by atoms with Gasteiger partial charge in [-0.1, -0.05) is 25.0 Å². The van der Waals surface area contributed by atoms with Gasteiger partial charge in [0.1, 0.15) is 5.41 Å². The highest BCUT2D eigenvalue weighted by atomic mass is 32.2. The molecule has 2 amide bonds. The molecule has 8 heteroatoms. The minimum atomic E-state index is -3.70. The van der Waals surface area contributed by atoms with Crippen molar-refractivity contribution in [3.8, 4) is 0 Å². The van der Waals surface area contributed by atoms with E-state index in [-0.39, 0.29) is 16.7 Å². The molecule has 1 aliphatic carbocycles. The van der Waals surface area contributed by atoms with Crippen LogP contribution in [-0.2, 0) is 26.0 Å². The van der Waals surface area contributed by atoms with E-state index in [1.54, 1.807) is 12.1 Å². The van der Waals surface area contributed by atoms with Gasteiger partial charge in [0.15, 0.2) is 0 Å². The van der Waals surface area contributed by atoms with Gasteiger partial charge in [-0.15, -0.1) is 0 Å². The average molecular weight is 394 g/mol. The number of primary sulfonamides is 1. The Hall–Kier alpha value is -1.93. The second-order valence-electron chi connectivity index (χ2n) is 7.48. The van der Waals surface area contributed by atoms with E-state index < -0.39 is 15.4 Å². The highest BCUT2D eigenvalue weighted by Crippen LogP contribution is 2.47. The fraction of sp³-hybridized carbons (Fsp3) is 0.579. The first-order valence-electron chi connectivity index (χ1n) is 9.52. The minimum Gasteiger partial charge on any atom is -0.355 e. The molecule has 0 unspecified atom stereocenters. The Bertz CT molecular complexity index is 793. The number of hydrogen-bond donors (Lipinski definition) is 2. The van der Waals surface area contributed by atoms with Crippen molar-refractivity contribution in [3.05, 3.63) is 29.8 Å². The number of carbonyl (C=O) groups is 2. The van der Waals surface area contributed by atoms with Crippen molar-refractivity contribution in [1.29, 1.82) is 0 Å². The Labute approximate surface area is 160 Å². The average Bonchev–Trinajstić information content (AvgIpc) is 3.46. The van der Waals surface area contributed by atoms with Gasteiger partial charge < -0.3 is 10.2 Å². The van der Waals surface area contributed by atoms with E-state index in [0.717, 1.165) is 44.3 Å². The van der Waals surface area contributed by atoms with E-state index in [2.05, 4.69) is 5.32 Å². The maximum Gasteiger partial charge on any atom is 0.238 e. The number of sulfonamides is 1. The largest absolute Gasteiger partial charge is 0.355 e. The number of nitrogens with two attached hydrogens (primary N) is 1. The number of nitrogens with zero attached hydrogens (tertiary/aromatic N) is 1. The van der Waals surface area contributed by atoms with Gasteiger partial charge in [0.05, 0.1) is 4.90 Å². The van der Waals surface area contributed by atoms with E-state index >= 15 is 0 Å². The summed E-state index contributed by atoms with van der Waals surface area (Å²) in [5.41, 5.74) is 0.0355. The zero-order valence-electron chi connectivity index (χ0n) is 15.4. The monoisotopic (exact) mass is 393 g/mol. The highest BCUT2D eigenvalue weighted by Gasteiger charge is 2.57. The van der Waals surface area contributed by atoms with E-state index in [9.17, 15) is 18.0 Å². The Morgan fingerprint density at radius 3 is 2.15 bits per heavy atom. The standard InChI is InChI=1S/C19H27N3O4S/c20-27(25,26)16-7-5-15(6-8-16)9-12-21-17(23)19(10-11-19)18(24)22-13-3-1-2-4-14-22/h5-8H,1-4,9-14H2,(H,21,23)(H2,20,25,26). The highest BCUT2D eigenvalue weighted by molar-refractivity contribution is 7.89. The van der Waals surface area contributed by atoms with Crippen LogP contribution in [0.1, 0.15) is 44.1 Å². The molecule has 0 radical (unpaired) electrons. The number of benzene rings is 1. The van der Waals surface area contributed by atoms with E-state index in [1.165, 1.54) is 12.1 Å². The second-order valence-corrected chi connectivity index (χ2v) is 9.04. The Balaban J connectivity index is 1.52. The van der Waals surface area contributed by atoms with Crippen molar-refractivity contribution in [1.82, 2.24) is 10.2 Å². The van der Waals surface area contributed by atoms with Crippen LogP contribution in [0.4, 0.5) is 0 Å². The topological polar surface area (TPSA) is 110 Å². The molecular formula is C19H27N3O4S. The molecule has 0 bridgehead atoms. The van der Waals surface area contributed by atoms with Gasteiger partial charge in [-0.2, -0.15) is 0 Å². The molecule has 148 valence electrons. The molecule has 1 saturated heterocycles. The summed E-state index contributed by atoms with van der Waals surface area (Å²) in [6.07, 6.45) is 6.12. The predicted molar refractivity (Wildman–Crippen MR) is 101 cm³/mol. The molecule has 2 aliphatic rings. The maximum atomic E-state index is 12.8. The van der Waals surface area contributed by atoms with Gasteiger partial charge >= 0.3 is 0 Å². The molecular weight excluding hydrogens is 366 g/mol. The van der Waals surface area contributed by atoms with Crippen molar-refractivity contribution in [2.75, 3.05) is 19.6 Å². The zero-order chi connectivity index (χ0) is 19.5. The van der Waals surface area contributed by atoms with Gasteiger partial charge in [0.25, 0.3) is 0 Å².